The predicted molar refractivity (Wildman–Crippen MR) is 196 cm³/mol. The summed E-state index contributed by atoms with van der Waals surface area (Å²) in [4.78, 5) is 26.7. The Labute approximate surface area is 303 Å². The lowest BCUT2D eigenvalue weighted by atomic mass is 10.1. The molecule has 51 heavy (non-hydrogen) atoms. The fourth-order valence-electron chi connectivity index (χ4n) is 5.68. The molecule has 0 bridgehead atoms. The van der Waals surface area contributed by atoms with E-state index in [9.17, 15) is 14.1 Å². The van der Waals surface area contributed by atoms with Crippen molar-refractivity contribution in [3.8, 4) is 28.5 Å². The topological polar surface area (TPSA) is 156 Å². The molecule has 274 valence electrons. The lowest BCUT2D eigenvalue weighted by Gasteiger charge is -2.19. The number of amides is 1. The van der Waals surface area contributed by atoms with Gasteiger partial charge in [0.05, 0.1) is 44.2 Å². The number of pyridine rings is 2. The minimum Gasteiger partial charge on any atom is -0.456 e. The van der Waals surface area contributed by atoms with E-state index in [-0.39, 0.29) is 19.9 Å². The van der Waals surface area contributed by atoms with Gasteiger partial charge in [0, 0.05) is 38.3 Å². The summed E-state index contributed by atoms with van der Waals surface area (Å²) in [5, 5.41) is 10.6. The second-order valence-corrected chi connectivity index (χ2v) is 23.3. The molecule has 5 atom stereocenters. The molecule has 4 aromatic rings. The molecule has 2 fully saturated rings. The molecule has 0 radical (unpaired) electrons. The Morgan fingerprint density at radius 1 is 1.08 bits per heavy atom. The van der Waals surface area contributed by atoms with Crippen molar-refractivity contribution in [1.82, 2.24) is 19.5 Å². The van der Waals surface area contributed by atoms with Crippen LogP contribution >= 0.6 is 11.6 Å². The van der Waals surface area contributed by atoms with Crippen LogP contribution in [0.3, 0.4) is 0 Å². The second-order valence-electron chi connectivity index (χ2n) is 15.0. The third-order valence-electron chi connectivity index (χ3n) is 8.36. The van der Waals surface area contributed by atoms with E-state index in [0.29, 0.717) is 45.1 Å². The minimum atomic E-state index is -3.06. The molecule has 5 heterocycles. The fraction of sp³-hybridized carbons (Fsp3) is 0.486. The lowest BCUT2D eigenvalue weighted by molar-refractivity contribution is 0.00336. The molecule has 1 unspecified atom stereocenters. The highest BCUT2D eigenvalue weighted by molar-refractivity contribution is 7.93. The molecule has 0 spiro atoms. The van der Waals surface area contributed by atoms with Crippen molar-refractivity contribution in [3.63, 3.8) is 0 Å². The van der Waals surface area contributed by atoms with Gasteiger partial charge in [-0.3, -0.25) is 9.55 Å². The van der Waals surface area contributed by atoms with Crippen molar-refractivity contribution in [3.05, 3.63) is 53.7 Å². The zero-order valence-corrected chi connectivity index (χ0v) is 32.4. The van der Waals surface area contributed by atoms with Crippen LogP contribution in [-0.4, -0.2) is 99.1 Å². The average Bonchev–Trinajstić information content (AvgIpc) is 3.72. The Bertz CT molecular complexity index is 2020. The Morgan fingerprint density at radius 3 is 2.45 bits per heavy atom. The highest BCUT2D eigenvalue weighted by Crippen LogP contribution is 2.35. The van der Waals surface area contributed by atoms with Crippen molar-refractivity contribution in [2.24, 2.45) is 4.36 Å². The van der Waals surface area contributed by atoms with Crippen molar-refractivity contribution < 1.29 is 37.8 Å². The van der Waals surface area contributed by atoms with Gasteiger partial charge in [-0.05, 0) is 45.0 Å². The quantitative estimate of drug-likeness (QED) is 0.141. The summed E-state index contributed by atoms with van der Waals surface area (Å²) < 4.78 is 48.0. The van der Waals surface area contributed by atoms with E-state index in [1.165, 1.54) is 12.5 Å². The van der Waals surface area contributed by atoms with Crippen LogP contribution in [0.15, 0.2) is 57.9 Å². The third-order valence-corrected chi connectivity index (χ3v) is 12.0. The van der Waals surface area contributed by atoms with E-state index in [1.807, 2.05) is 24.3 Å². The summed E-state index contributed by atoms with van der Waals surface area (Å²) >= 11 is 6.80. The van der Waals surface area contributed by atoms with Crippen molar-refractivity contribution >= 4 is 46.7 Å². The first-order valence-electron chi connectivity index (χ1n) is 16.7. The van der Waals surface area contributed by atoms with Gasteiger partial charge in [-0.1, -0.05) is 55.5 Å². The Kier molecular flexibility index (Phi) is 10.6. The lowest BCUT2D eigenvalue weighted by Crippen LogP contribution is -2.35. The maximum Gasteiger partial charge on any atom is 0.442 e. The summed E-state index contributed by atoms with van der Waals surface area (Å²) in [6.45, 7) is 13.3. The molecule has 0 aliphatic carbocycles. The number of hydrogen-bond acceptors (Lipinski definition) is 11. The molecule has 13 nitrogen and oxygen atoms in total. The summed E-state index contributed by atoms with van der Waals surface area (Å²) in [7, 11) is -4.38. The van der Waals surface area contributed by atoms with Gasteiger partial charge in [0.15, 0.2) is 11.8 Å². The zero-order valence-electron chi connectivity index (χ0n) is 29.8. The maximum atomic E-state index is 13.2. The number of imidazole rings is 1. The molecule has 2 aliphatic heterocycles. The molecule has 6 rings (SSSR count). The van der Waals surface area contributed by atoms with E-state index in [1.54, 1.807) is 43.5 Å². The van der Waals surface area contributed by atoms with Gasteiger partial charge in [-0.2, -0.15) is 4.98 Å². The Hall–Kier alpha value is -3.44. The molecule has 2 saturated heterocycles. The van der Waals surface area contributed by atoms with E-state index >= 15 is 0 Å². The molecule has 3 aromatic heterocycles. The number of hydrogen-bond donors (Lipinski definition) is 1. The summed E-state index contributed by atoms with van der Waals surface area (Å²) in [5.74, 6) is 0. The van der Waals surface area contributed by atoms with E-state index < -0.39 is 53.9 Å². The van der Waals surface area contributed by atoms with Crippen molar-refractivity contribution in [2.75, 3.05) is 26.1 Å². The second kappa shape index (κ2) is 14.5. The Balaban J connectivity index is 1.25. The third kappa shape index (κ3) is 8.79. The van der Waals surface area contributed by atoms with Crippen LogP contribution in [-0.2, 0) is 35.4 Å². The van der Waals surface area contributed by atoms with E-state index in [4.69, 9.17) is 45.3 Å². The molecule has 1 N–H and O–H groups in total. The summed E-state index contributed by atoms with van der Waals surface area (Å²) in [6.07, 6.45) is -0.0557. The van der Waals surface area contributed by atoms with Crippen LogP contribution in [0.5, 0.6) is 6.01 Å². The first kappa shape index (κ1) is 37.3. The number of benzene rings is 1. The predicted octanol–water partition coefficient (Wildman–Crippen LogP) is 6.42. The number of carbonyl (C=O) groups is 1. The summed E-state index contributed by atoms with van der Waals surface area (Å²) in [5.41, 5.74) is 3.10. The van der Waals surface area contributed by atoms with E-state index in [2.05, 4.69) is 29.0 Å². The van der Waals surface area contributed by atoms with Gasteiger partial charge in [-0.15, -0.1) is 4.36 Å². The normalized spacial score (nSPS) is 21.7. The first-order chi connectivity index (χ1) is 24.0. The van der Waals surface area contributed by atoms with Gasteiger partial charge in [0.2, 0.25) is 0 Å². The standard InChI is InChI=1S/C35H44ClN5O8SSi/c1-35(2,3)49-34(43)40-50(4,44)23-12-13-25(37-17-23)21-8-10-22(11-9-21)29-24(36)16-26-32(39-29)41(20-45-14-15-51(5,6)7)33(38-26)48-28-19-47-30-27(42)18-46-31(28)30/h8-13,16-17,27-28,30-31,42H,14-15,18-20H2,1-7H3/t27-,28-,30-,31-,50?/m1/s1. The molecule has 0 saturated carbocycles. The number of aliphatic hydroxyl groups is 1. The molecule has 16 heteroatoms. The number of aliphatic hydroxyl groups excluding tert-OH is 1. The molecular formula is C35H44ClN5O8SSi. The number of nitrogens with zero attached hydrogens (tertiary/aromatic N) is 5. The number of ether oxygens (including phenoxy) is 5. The van der Waals surface area contributed by atoms with Crippen molar-refractivity contribution in [1.29, 1.82) is 0 Å². The van der Waals surface area contributed by atoms with Gasteiger partial charge >= 0.3 is 12.1 Å². The van der Waals surface area contributed by atoms with E-state index in [0.717, 1.165) is 17.2 Å². The highest BCUT2D eigenvalue weighted by Gasteiger charge is 2.49. The van der Waals surface area contributed by atoms with Crippen molar-refractivity contribution in [2.45, 2.75) is 88.1 Å². The van der Waals surface area contributed by atoms with Gasteiger partial charge in [-0.25, -0.2) is 14.0 Å². The summed E-state index contributed by atoms with van der Waals surface area (Å²) in [6, 6.07) is 14.0. The van der Waals surface area contributed by atoms with Gasteiger partial charge < -0.3 is 28.8 Å². The largest absolute Gasteiger partial charge is 0.456 e. The van der Waals surface area contributed by atoms with Crippen LogP contribution in [0.4, 0.5) is 4.79 Å². The number of fused-ring (bicyclic) bond motifs is 2. The fourth-order valence-corrected chi connectivity index (χ4v) is 7.68. The smallest absolute Gasteiger partial charge is 0.442 e. The van der Waals surface area contributed by atoms with Gasteiger partial charge in [0.25, 0.3) is 0 Å². The highest BCUT2D eigenvalue weighted by atomic mass is 35.5. The Morgan fingerprint density at radius 2 is 1.78 bits per heavy atom. The molecule has 2 aliphatic rings. The van der Waals surface area contributed by atoms with Crippen LogP contribution < -0.4 is 4.74 Å². The number of halogens is 1. The molecule has 1 amide bonds. The maximum absolute atomic E-state index is 13.2. The molecule has 1 aromatic carbocycles. The van der Waals surface area contributed by atoms with Gasteiger partial charge in [0.1, 0.15) is 36.2 Å². The van der Waals surface area contributed by atoms with Crippen LogP contribution in [0.1, 0.15) is 20.8 Å². The van der Waals surface area contributed by atoms with Crippen LogP contribution in [0.25, 0.3) is 33.7 Å². The molecular weight excluding hydrogens is 714 g/mol. The number of aromatic nitrogens is 4. The average molecular weight is 758 g/mol. The van der Waals surface area contributed by atoms with Crippen LogP contribution in [0.2, 0.25) is 30.7 Å². The monoisotopic (exact) mass is 757 g/mol. The SMILES string of the molecule is CC(C)(C)OC(=O)N=S(C)(=O)c1ccc(-c2ccc(-c3nc4c(cc3Cl)nc(O[C@@H]3CO[C@H]5[C@@H]3OC[C@H]5O)n4COCC[Si](C)(C)C)cc2)nc1. The number of carbonyl (C=O) groups excluding carboxylic acids is 1. The minimum absolute atomic E-state index is 0.172. The van der Waals surface area contributed by atoms with Crippen LogP contribution in [0, 0.1) is 0 Å². The number of rotatable bonds is 10. The zero-order chi connectivity index (χ0) is 36.7. The first-order valence-corrected chi connectivity index (χ1v) is 22.7.